The molecule has 0 radical (unpaired) electrons. The van der Waals surface area contributed by atoms with E-state index >= 15 is 0 Å². The van der Waals surface area contributed by atoms with Crippen molar-refractivity contribution in [2.75, 3.05) is 18.5 Å². The van der Waals surface area contributed by atoms with Crippen LogP contribution >= 0.6 is 0 Å². The summed E-state index contributed by atoms with van der Waals surface area (Å²) in [5.74, 6) is -5.04. The molecule has 2 rings (SSSR count). The van der Waals surface area contributed by atoms with Gasteiger partial charge < -0.3 is 24.6 Å². The molecular weight excluding hydrogens is 501 g/mol. The number of alkyl halides is 3. The van der Waals surface area contributed by atoms with E-state index in [1.54, 1.807) is 13.8 Å². The van der Waals surface area contributed by atoms with E-state index in [1.807, 2.05) is 6.92 Å². The third-order valence-corrected chi connectivity index (χ3v) is 5.71. The second kappa shape index (κ2) is 13.3. The quantitative estimate of drug-likeness (QED) is 0.180. The van der Waals surface area contributed by atoms with Crippen molar-refractivity contribution < 1.29 is 51.7 Å². The number of hydrogen-bond donors (Lipinski definition) is 3. The van der Waals surface area contributed by atoms with E-state index in [2.05, 4.69) is 10.6 Å². The smallest absolute Gasteiger partial charge is 0.408 e. The van der Waals surface area contributed by atoms with Gasteiger partial charge in [0.25, 0.3) is 0 Å². The van der Waals surface area contributed by atoms with Crippen LogP contribution in [-0.4, -0.2) is 61.0 Å². The molecule has 1 aliphatic rings. The van der Waals surface area contributed by atoms with Gasteiger partial charge in [-0.1, -0.05) is 45.7 Å². The third-order valence-electron chi connectivity index (χ3n) is 5.71. The summed E-state index contributed by atoms with van der Waals surface area (Å²) in [6.07, 6.45) is -4.50. The summed E-state index contributed by atoms with van der Waals surface area (Å²) in [4.78, 5) is 48.5. The van der Waals surface area contributed by atoms with Crippen LogP contribution in [0.2, 0.25) is 0 Å². The second-order valence-corrected chi connectivity index (χ2v) is 8.84. The predicted octanol–water partition coefficient (Wildman–Crippen LogP) is 3.00. The molecule has 0 spiro atoms. The molecule has 10 nitrogen and oxygen atoms in total. The fourth-order valence-corrected chi connectivity index (χ4v) is 3.65. The van der Waals surface area contributed by atoms with Crippen molar-refractivity contribution >= 4 is 30.0 Å². The van der Waals surface area contributed by atoms with Crippen LogP contribution in [0.25, 0.3) is 0 Å². The number of carbonyl (C=O) groups excluding carboxylic acids is 4. The lowest BCUT2D eigenvalue weighted by Crippen LogP contribution is -2.48. The highest BCUT2D eigenvalue weighted by Crippen LogP contribution is 2.40. The number of anilines is 1. The highest BCUT2D eigenvalue weighted by Gasteiger charge is 2.46. The van der Waals surface area contributed by atoms with Crippen LogP contribution in [0.15, 0.2) is 18.2 Å². The van der Waals surface area contributed by atoms with Crippen LogP contribution in [0.1, 0.15) is 51.6 Å². The van der Waals surface area contributed by atoms with E-state index in [-0.39, 0.29) is 18.5 Å². The van der Waals surface area contributed by atoms with E-state index in [4.69, 9.17) is 14.2 Å². The van der Waals surface area contributed by atoms with Gasteiger partial charge in [0.15, 0.2) is 0 Å². The maximum Gasteiger partial charge on any atom is 0.408 e. The van der Waals surface area contributed by atoms with E-state index in [9.17, 15) is 37.5 Å². The van der Waals surface area contributed by atoms with Crippen molar-refractivity contribution in [1.82, 2.24) is 5.32 Å². The Morgan fingerprint density at radius 1 is 1.22 bits per heavy atom. The minimum absolute atomic E-state index is 0.182. The minimum atomic E-state index is -5.01. The summed E-state index contributed by atoms with van der Waals surface area (Å²) in [5.41, 5.74) is -0.955. The zero-order chi connectivity index (χ0) is 27.8. The van der Waals surface area contributed by atoms with Crippen LogP contribution < -0.4 is 10.6 Å². The molecule has 1 aromatic rings. The van der Waals surface area contributed by atoms with Gasteiger partial charge in [0, 0.05) is 5.56 Å². The lowest BCUT2D eigenvalue weighted by Gasteiger charge is -2.27. The first-order chi connectivity index (χ1) is 17.4. The van der Waals surface area contributed by atoms with Crippen LogP contribution in [0, 0.1) is 11.8 Å². The van der Waals surface area contributed by atoms with Gasteiger partial charge in [0.05, 0.1) is 17.5 Å². The van der Waals surface area contributed by atoms with E-state index < -0.39 is 78.6 Å². The lowest BCUT2D eigenvalue weighted by molar-refractivity contribution is -0.171. The molecule has 1 heterocycles. The summed E-state index contributed by atoms with van der Waals surface area (Å²) >= 11 is 0. The van der Waals surface area contributed by atoms with Gasteiger partial charge in [-0.15, -0.1) is 0 Å². The molecule has 0 aromatic heterocycles. The zero-order valence-corrected chi connectivity index (χ0v) is 20.7. The maximum absolute atomic E-state index is 14.0. The second-order valence-electron chi connectivity index (χ2n) is 8.84. The number of unbranched alkanes of at least 4 members (excludes halogenated alkanes) is 1. The van der Waals surface area contributed by atoms with Crippen LogP contribution in [0.3, 0.4) is 0 Å². The maximum atomic E-state index is 14.0. The number of benzene rings is 1. The van der Waals surface area contributed by atoms with E-state index in [0.29, 0.717) is 12.8 Å². The number of para-hydroxylation sites is 1. The first kappa shape index (κ1) is 29.9. The number of cyclic esters (lactones) is 2. The van der Waals surface area contributed by atoms with Crippen molar-refractivity contribution in [2.45, 2.75) is 64.4 Å². The number of hydrogen-bond acceptors (Lipinski definition) is 9. The summed E-state index contributed by atoms with van der Waals surface area (Å²) < 4.78 is 57.8. The van der Waals surface area contributed by atoms with Crippen molar-refractivity contribution in [3.8, 4) is 5.75 Å². The van der Waals surface area contributed by atoms with Crippen LogP contribution in [-0.2, 0) is 33.4 Å². The fraction of sp³-hybridized carbons (Fsp3) is 0.583. The number of amides is 1. The molecule has 1 fully saturated rings. The molecule has 4 unspecified atom stereocenters. The molecule has 1 saturated heterocycles. The van der Waals surface area contributed by atoms with E-state index in [0.717, 1.165) is 6.07 Å². The van der Waals surface area contributed by atoms with Gasteiger partial charge in [0.2, 0.25) is 6.41 Å². The highest BCUT2D eigenvalue weighted by molar-refractivity contribution is 5.80. The zero-order valence-electron chi connectivity index (χ0n) is 20.7. The largest absolute Gasteiger partial charge is 0.505 e. The Hall–Kier alpha value is -3.35. The molecular formula is C24H31F3N2O8. The Balaban J connectivity index is 2.35. The first-order valence-corrected chi connectivity index (χ1v) is 11.8. The standard InChI is InChI=1S/C24H31F3N2O8/c1-4-5-7-14-18(37-21(32)13(2)3)11-36-23(34)17(10-35-22(14)33)29-20(24(25,26)27)15-8-6-9-16(19(15)31)28-12-30/h6,8-9,12-14,17-18,20,29,31H,4-5,7,10-11H2,1-3H3,(H,28,30). The number of carbonyl (C=O) groups is 4. The Morgan fingerprint density at radius 3 is 2.49 bits per heavy atom. The molecule has 0 bridgehead atoms. The average Bonchev–Trinajstić information content (AvgIpc) is 2.87. The van der Waals surface area contributed by atoms with Gasteiger partial charge in [-0.2, -0.15) is 13.2 Å². The highest BCUT2D eigenvalue weighted by atomic mass is 19.4. The summed E-state index contributed by atoms with van der Waals surface area (Å²) in [5, 5.41) is 14.5. The molecule has 13 heteroatoms. The topological polar surface area (TPSA) is 140 Å². The molecule has 37 heavy (non-hydrogen) atoms. The van der Waals surface area contributed by atoms with Gasteiger partial charge in [-0.3, -0.25) is 24.5 Å². The van der Waals surface area contributed by atoms with Crippen molar-refractivity contribution in [2.24, 2.45) is 11.8 Å². The van der Waals surface area contributed by atoms with Gasteiger partial charge >= 0.3 is 24.1 Å². The third kappa shape index (κ3) is 8.07. The Morgan fingerprint density at radius 2 is 1.89 bits per heavy atom. The number of phenols is 1. The molecule has 4 atom stereocenters. The summed E-state index contributed by atoms with van der Waals surface area (Å²) in [7, 11) is 0. The number of rotatable bonds is 10. The SMILES string of the molecule is CCCCC1C(=O)OCC(NC(c2cccc(NC=O)c2O)C(F)(F)F)C(=O)OCC1OC(=O)C(C)C. The monoisotopic (exact) mass is 532 g/mol. The van der Waals surface area contributed by atoms with Gasteiger partial charge in [-0.25, -0.2) is 0 Å². The Bertz CT molecular complexity index is 970. The molecule has 3 N–H and O–H groups in total. The normalized spacial score (nSPS) is 21.6. The van der Waals surface area contributed by atoms with Crippen molar-refractivity contribution in [3.05, 3.63) is 23.8 Å². The lowest BCUT2D eigenvalue weighted by atomic mass is 9.96. The molecule has 206 valence electrons. The van der Waals surface area contributed by atoms with Crippen LogP contribution in [0.5, 0.6) is 5.75 Å². The van der Waals surface area contributed by atoms with Crippen molar-refractivity contribution in [3.63, 3.8) is 0 Å². The fourth-order valence-electron chi connectivity index (χ4n) is 3.65. The number of nitrogens with one attached hydrogen (secondary N) is 2. The Kier molecular flexibility index (Phi) is 10.7. The summed E-state index contributed by atoms with van der Waals surface area (Å²) in [6.45, 7) is 3.68. The van der Waals surface area contributed by atoms with E-state index in [1.165, 1.54) is 12.1 Å². The number of halogens is 3. The molecule has 0 aliphatic carbocycles. The molecule has 1 aromatic carbocycles. The number of ether oxygens (including phenoxy) is 3. The minimum Gasteiger partial charge on any atom is -0.505 e. The predicted molar refractivity (Wildman–Crippen MR) is 123 cm³/mol. The average molecular weight is 533 g/mol. The molecule has 1 aliphatic heterocycles. The van der Waals surface area contributed by atoms with Crippen molar-refractivity contribution in [1.29, 1.82) is 0 Å². The number of phenolic OH excluding ortho intramolecular Hbond substituents is 1. The van der Waals surface area contributed by atoms with Crippen LogP contribution in [0.4, 0.5) is 18.9 Å². The molecule has 1 amide bonds. The number of esters is 3. The Labute approximate surface area is 211 Å². The van der Waals surface area contributed by atoms with Gasteiger partial charge in [0.1, 0.15) is 37.2 Å². The summed E-state index contributed by atoms with van der Waals surface area (Å²) in [6, 6.07) is -1.04. The first-order valence-electron chi connectivity index (χ1n) is 11.8. The van der Waals surface area contributed by atoms with Gasteiger partial charge in [-0.05, 0) is 12.5 Å². The molecule has 0 saturated carbocycles. The number of aromatic hydroxyl groups is 1.